The molecular formula is C16H16O. The van der Waals surface area contributed by atoms with Gasteiger partial charge in [0, 0.05) is 0 Å². The molecule has 1 heteroatoms. The first-order valence-corrected chi connectivity index (χ1v) is 6.19. The Kier molecular flexibility index (Phi) is 2.83. The number of ether oxygens (including phenoxy) is 1. The van der Waals surface area contributed by atoms with E-state index in [0.717, 1.165) is 11.7 Å². The number of hydrogen-bond donors (Lipinski definition) is 0. The summed E-state index contributed by atoms with van der Waals surface area (Å²) >= 11 is 0. The Morgan fingerprint density at radius 1 is 0.882 bits per heavy atom. The standard InChI is InChI=1S/C16H16O/c1-2-6-13(7-3-1)12-17-16-9-5-4-8-15(16)14-10-11-14/h1-9,14H,10-12H2. The Balaban J connectivity index is 1.73. The third kappa shape index (κ3) is 2.50. The second-order valence-electron chi connectivity index (χ2n) is 4.59. The first-order chi connectivity index (χ1) is 8.43. The van der Waals surface area contributed by atoms with Gasteiger partial charge in [-0.25, -0.2) is 0 Å². The number of rotatable bonds is 4. The van der Waals surface area contributed by atoms with Gasteiger partial charge >= 0.3 is 0 Å². The molecule has 0 unspecified atom stereocenters. The lowest BCUT2D eigenvalue weighted by atomic mass is 10.1. The van der Waals surface area contributed by atoms with E-state index in [1.807, 2.05) is 24.3 Å². The molecule has 0 aliphatic heterocycles. The summed E-state index contributed by atoms with van der Waals surface area (Å²) in [7, 11) is 0. The minimum absolute atomic E-state index is 0.657. The van der Waals surface area contributed by atoms with Gasteiger partial charge in [0.25, 0.3) is 0 Å². The first-order valence-electron chi connectivity index (χ1n) is 6.19. The Labute approximate surface area is 102 Å². The molecule has 86 valence electrons. The second-order valence-corrected chi connectivity index (χ2v) is 4.59. The largest absolute Gasteiger partial charge is 0.489 e. The third-order valence-corrected chi connectivity index (χ3v) is 3.17. The molecule has 1 fully saturated rings. The molecule has 0 saturated heterocycles. The molecule has 0 amide bonds. The summed E-state index contributed by atoms with van der Waals surface area (Å²) in [4.78, 5) is 0. The van der Waals surface area contributed by atoms with Crippen molar-refractivity contribution in [2.45, 2.75) is 25.4 Å². The molecule has 3 rings (SSSR count). The summed E-state index contributed by atoms with van der Waals surface area (Å²) in [6.45, 7) is 0.657. The van der Waals surface area contributed by atoms with Crippen LogP contribution in [0.3, 0.4) is 0 Å². The Bertz CT molecular complexity index is 486. The van der Waals surface area contributed by atoms with E-state index in [1.165, 1.54) is 24.0 Å². The van der Waals surface area contributed by atoms with Gasteiger partial charge in [0.05, 0.1) is 0 Å². The minimum Gasteiger partial charge on any atom is -0.489 e. The molecule has 2 aromatic carbocycles. The van der Waals surface area contributed by atoms with Crippen molar-refractivity contribution in [2.75, 3.05) is 0 Å². The van der Waals surface area contributed by atoms with Crippen molar-refractivity contribution in [1.82, 2.24) is 0 Å². The molecule has 0 aromatic heterocycles. The average molecular weight is 224 g/mol. The van der Waals surface area contributed by atoms with Crippen LogP contribution in [0.15, 0.2) is 54.6 Å². The zero-order chi connectivity index (χ0) is 11.5. The van der Waals surface area contributed by atoms with Crippen molar-refractivity contribution >= 4 is 0 Å². The van der Waals surface area contributed by atoms with Crippen LogP contribution in [0.1, 0.15) is 29.9 Å². The molecule has 17 heavy (non-hydrogen) atoms. The SMILES string of the molecule is c1ccc(COc2ccccc2C2CC2)cc1. The van der Waals surface area contributed by atoms with Crippen LogP contribution in [-0.2, 0) is 6.61 Å². The van der Waals surface area contributed by atoms with E-state index in [0.29, 0.717) is 6.61 Å². The van der Waals surface area contributed by atoms with Crippen LogP contribution in [-0.4, -0.2) is 0 Å². The summed E-state index contributed by atoms with van der Waals surface area (Å²) in [5.74, 6) is 1.79. The Hall–Kier alpha value is -1.76. The van der Waals surface area contributed by atoms with Gasteiger partial charge in [-0.05, 0) is 36.0 Å². The van der Waals surface area contributed by atoms with E-state index in [-0.39, 0.29) is 0 Å². The Morgan fingerprint density at radius 2 is 1.59 bits per heavy atom. The monoisotopic (exact) mass is 224 g/mol. The molecule has 0 N–H and O–H groups in total. The van der Waals surface area contributed by atoms with Crippen LogP contribution in [0.25, 0.3) is 0 Å². The van der Waals surface area contributed by atoms with Crippen molar-refractivity contribution < 1.29 is 4.74 Å². The summed E-state index contributed by atoms with van der Waals surface area (Å²) in [5, 5.41) is 0. The van der Waals surface area contributed by atoms with Gasteiger partial charge in [0.2, 0.25) is 0 Å². The highest BCUT2D eigenvalue weighted by molar-refractivity contribution is 5.38. The molecule has 1 aliphatic rings. The van der Waals surface area contributed by atoms with Crippen molar-refractivity contribution in [3.05, 3.63) is 65.7 Å². The molecule has 0 bridgehead atoms. The first kappa shape index (κ1) is 10.4. The van der Waals surface area contributed by atoms with Crippen molar-refractivity contribution in [3.8, 4) is 5.75 Å². The van der Waals surface area contributed by atoms with Gasteiger partial charge in [0.1, 0.15) is 12.4 Å². The fraction of sp³-hybridized carbons (Fsp3) is 0.250. The maximum atomic E-state index is 5.92. The maximum absolute atomic E-state index is 5.92. The van der Waals surface area contributed by atoms with Crippen molar-refractivity contribution in [3.63, 3.8) is 0 Å². The zero-order valence-electron chi connectivity index (χ0n) is 9.80. The lowest BCUT2D eigenvalue weighted by Gasteiger charge is -2.10. The molecular weight excluding hydrogens is 208 g/mol. The molecule has 1 aliphatic carbocycles. The lowest BCUT2D eigenvalue weighted by Crippen LogP contribution is -1.97. The lowest BCUT2D eigenvalue weighted by molar-refractivity contribution is 0.303. The van der Waals surface area contributed by atoms with Crippen molar-refractivity contribution in [2.24, 2.45) is 0 Å². The molecule has 0 heterocycles. The van der Waals surface area contributed by atoms with Crippen LogP contribution >= 0.6 is 0 Å². The molecule has 2 aromatic rings. The van der Waals surface area contributed by atoms with E-state index in [9.17, 15) is 0 Å². The quantitative estimate of drug-likeness (QED) is 0.758. The molecule has 1 saturated carbocycles. The fourth-order valence-corrected chi connectivity index (χ4v) is 2.08. The maximum Gasteiger partial charge on any atom is 0.123 e. The van der Waals surface area contributed by atoms with Gasteiger partial charge in [-0.3, -0.25) is 0 Å². The van der Waals surface area contributed by atoms with E-state index in [2.05, 4.69) is 30.3 Å². The van der Waals surface area contributed by atoms with Gasteiger partial charge in [-0.2, -0.15) is 0 Å². The number of benzene rings is 2. The van der Waals surface area contributed by atoms with E-state index in [1.54, 1.807) is 0 Å². The number of hydrogen-bond acceptors (Lipinski definition) is 1. The normalized spacial score (nSPS) is 14.6. The summed E-state index contributed by atoms with van der Waals surface area (Å²) in [5.41, 5.74) is 2.60. The minimum atomic E-state index is 0.657. The highest BCUT2D eigenvalue weighted by Crippen LogP contribution is 2.44. The highest BCUT2D eigenvalue weighted by atomic mass is 16.5. The summed E-state index contributed by atoms with van der Waals surface area (Å²) in [6.07, 6.45) is 2.62. The van der Waals surface area contributed by atoms with E-state index >= 15 is 0 Å². The predicted molar refractivity (Wildman–Crippen MR) is 69.2 cm³/mol. The van der Waals surface area contributed by atoms with Crippen LogP contribution < -0.4 is 4.74 Å². The van der Waals surface area contributed by atoms with Crippen LogP contribution in [0.4, 0.5) is 0 Å². The molecule has 1 nitrogen and oxygen atoms in total. The Morgan fingerprint density at radius 3 is 2.35 bits per heavy atom. The molecule has 0 radical (unpaired) electrons. The zero-order valence-corrected chi connectivity index (χ0v) is 9.80. The fourth-order valence-electron chi connectivity index (χ4n) is 2.08. The summed E-state index contributed by atoms with van der Waals surface area (Å²) < 4.78 is 5.92. The second kappa shape index (κ2) is 4.62. The van der Waals surface area contributed by atoms with E-state index in [4.69, 9.17) is 4.74 Å². The summed E-state index contributed by atoms with van der Waals surface area (Å²) in [6, 6.07) is 18.7. The van der Waals surface area contributed by atoms with Crippen LogP contribution in [0, 0.1) is 0 Å². The van der Waals surface area contributed by atoms with Gasteiger partial charge in [-0.1, -0.05) is 48.5 Å². The van der Waals surface area contributed by atoms with Gasteiger partial charge < -0.3 is 4.74 Å². The predicted octanol–water partition coefficient (Wildman–Crippen LogP) is 4.14. The molecule has 0 atom stereocenters. The average Bonchev–Trinajstić information content (AvgIpc) is 3.22. The topological polar surface area (TPSA) is 9.23 Å². The molecule has 0 spiro atoms. The van der Waals surface area contributed by atoms with Gasteiger partial charge in [0.15, 0.2) is 0 Å². The number of para-hydroxylation sites is 1. The van der Waals surface area contributed by atoms with E-state index < -0.39 is 0 Å². The van der Waals surface area contributed by atoms with Crippen LogP contribution in [0.2, 0.25) is 0 Å². The van der Waals surface area contributed by atoms with Crippen LogP contribution in [0.5, 0.6) is 5.75 Å². The van der Waals surface area contributed by atoms with Gasteiger partial charge in [-0.15, -0.1) is 0 Å². The smallest absolute Gasteiger partial charge is 0.123 e. The third-order valence-electron chi connectivity index (χ3n) is 3.17. The highest BCUT2D eigenvalue weighted by Gasteiger charge is 2.26. The van der Waals surface area contributed by atoms with Crippen molar-refractivity contribution in [1.29, 1.82) is 0 Å².